The predicted molar refractivity (Wildman–Crippen MR) is 99.9 cm³/mol. The quantitative estimate of drug-likeness (QED) is 0.636. The monoisotopic (exact) mass is 332 g/mol. The first-order valence-electron chi connectivity index (χ1n) is 10.1. The van der Waals surface area contributed by atoms with Gasteiger partial charge >= 0.3 is 0 Å². The molecule has 1 N–H and O–H groups in total. The molecular formula is C22H36O2. The number of allylic oxidation sites excluding steroid dienone is 2. The summed E-state index contributed by atoms with van der Waals surface area (Å²) in [6.07, 6.45) is 11.7. The lowest BCUT2D eigenvalue weighted by molar-refractivity contribution is -0.201. The fraction of sp³-hybridized carbons (Fsp3) is 0.818. The van der Waals surface area contributed by atoms with E-state index in [0.717, 1.165) is 12.3 Å². The van der Waals surface area contributed by atoms with Crippen LogP contribution in [-0.2, 0) is 4.74 Å². The highest BCUT2D eigenvalue weighted by atomic mass is 16.5. The van der Waals surface area contributed by atoms with E-state index in [0.29, 0.717) is 23.5 Å². The molecule has 6 atom stereocenters. The highest BCUT2D eigenvalue weighted by Gasteiger charge is 2.54. The van der Waals surface area contributed by atoms with Crippen molar-refractivity contribution in [2.75, 3.05) is 0 Å². The second-order valence-corrected chi connectivity index (χ2v) is 9.08. The topological polar surface area (TPSA) is 29.5 Å². The molecule has 0 bridgehead atoms. The van der Waals surface area contributed by atoms with Gasteiger partial charge in [-0.25, -0.2) is 0 Å². The molecule has 2 fully saturated rings. The third kappa shape index (κ3) is 3.19. The summed E-state index contributed by atoms with van der Waals surface area (Å²) in [4.78, 5) is 0. The van der Waals surface area contributed by atoms with Crippen molar-refractivity contribution in [1.82, 2.24) is 0 Å². The van der Waals surface area contributed by atoms with Crippen molar-refractivity contribution >= 4 is 0 Å². The van der Waals surface area contributed by atoms with Crippen molar-refractivity contribution in [2.45, 2.75) is 84.8 Å². The minimum Gasteiger partial charge on any atom is -0.512 e. The van der Waals surface area contributed by atoms with E-state index in [2.05, 4.69) is 46.8 Å². The Morgan fingerprint density at radius 1 is 1.21 bits per heavy atom. The maximum atomic E-state index is 10.9. The lowest BCUT2D eigenvalue weighted by atomic mass is 9.56. The zero-order valence-corrected chi connectivity index (χ0v) is 16.2. The number of unbranched alkanes of at least 4 members (excludes halogenated alkanes) is 2. The molecule has 2 heteroatoms. The van der Waals surface area contributed by atoms with E-state index < -0.39 is 0 Å². The maximum Gasteiger partial charge on any atom is 0.0988 e. The van der Waals surface area contributed by atoms with Crippen LogP contribution in [0.1, 0.15) is 73.1 Å². The number of fused-ring (bicyclic) bond motifs is 3. The average molecular weight is 333 g/mol. The lowest BCUT2D eigenvalue weighted by Crippen LogP contribution is -2.57. The Bertz CT molecular complexity index is 516. The molecule has 136 valence electrons. The molecule has 0 aromatic heterocycles. The minimum absolute atomic E-state index is 0.0515. The molecule has 1 saturated carbocycles. The van der Waals surface area contributed by atoms with E-state index in [4.69, 9.17) is 4.74 Å². The average Bonchev–Trinajstić information content (AvgIpc) is 2.50. The van der Waals surface area contributed by atoms with E-state index in [-0.39, 0.29) is 17.6 Å². The second kappa shape index (κ2) is 6.86. The molecule has 24 heavy (non-hydrogen) atoms. The van der Waals surface area contributed by atoms with Crippen LogP contribution in [0.2, 0.25) is 0 Å². The Hall–Kier alpha value is -0.760. The Morgan fingerprint density at radius 2 is 1.96 bits per heavy atom. The number of rotatable bonds is 4. The third-order valence-corrected chi connectivity index (χ3v) is 7.13. The van der Waals surface area contributed by atoms with Crippen molar-refractivity contribution in [1.29, 1.82) is 0 Å². The third-order valence-electron chi connectivity index (χ3n) is 7.13. The van der Waals surface area contributed by atoms with Gasteiger partial charge in [0.25, 0.3) is 0 Å². The van der Waals surface area contributed by atoms with Gasteiger partial charge in [-0.3, -0.25) is 0 Å². The van der Waals surface area contributed by atoms with Gasteiger partial charge in [0.1, 0.15) is 0 Å². The summed E-state index contributed by atoms with van der Waals surface area (Å²) in [7, 11) is 0. The largest absolute Gasteiger partial charge is 0.512 e. The first-order valence-corrected chi connectivity index (χ1v) is 10.1. The molecule has 0 amide bonds. The second-order valence-electron chi connectivity index (χ2n) is 9.08. The summed E-state index contributed by atoms with van der Waals surface area (Å²) >= 11 is 0. The molecule has 2 nitrogen and oxygen atoms in total. The van der Waals surface area contributed by atoms with Gasteiger partial charge in [-0.15, -0.1) is 0 Å². The Morgan fingerprint density at radius 3 is 2.67 bits per heavy atom. The van der Waals surface area contributed by atoms with Crippen LogP contribution in [0.15, 0.2) is 23.5 Å². The van der Waals surface area contributed by atoms with Crippen LogP contribution in [0, 0.1) is 29.6 Å². The fourth-order valence-corrected chi connectivity index (χ4v) is 5.55. The highest BCUT2D eigenvalue weighted by molar-refractivity contribution is 5.31. The molecule has 1 saturated heterocycles. The van der Waals surface area contributed by atoms with E-state index in [1.54, 1.807) is 0 Å². The van der Waals surface area contributed by atoms with Crippen LogP contribution in [0.4, 0.5) is 0 Å². The van der Waals surface area contributed by atoms with Crippen molar-refractivity contribution in [2.24, 2.45) is 29.6 Å². The van der Waals surface area contributed by atoms with E-state index >= 15 is 0 Å². The maximum absolute atomic E-state index is 10.9. The van der Waals surface area contributed by atoms with Crippen molar-refractivity contribution < 1.29 is 9.84 Å². The fourth-order valence-electron chi connectivity index (χ4n) is 5.55. The van der Waals surface area contributed by atoms with Crippen LogP contribution in [0.5, 0.6) is 0 Å². The van der Waals surface area contributed by atoms with Crippen LogP contribution in [0.3, 0.4) is 0 Å². The van der Waals surface area contributed by atoms with Crippen LogP contribution in [0.25, 0.3) is 0 Å². The van der Waals surface area contributed by atoms with Crippen molar-refractivity contribution in [3.05, 3.63) is 23.5 Å². The predicted octanol–water partition coefficient (Wildman–Crippen LogP) is 6.04. The van der Waals surface area contributed by atoms with Crippen molar-refractivity contribution in [3.63, 3.8) is 0 Å². The van der Waals surface area contributed by atoms with Crippen LogP contribution in [-0.4, -0.2) is 16.8 Å². The van der Waals surface area contributed by atoms with Gasteiger partial charge in [0.15, 0.2) is 0 Å². The molecular weight excluding hydrogens is 296 g/mol. The zero-order valence-electron chi connectivity index (χ0n) is 16.2. The SMILES string of the molecule is CCCCCC1=CC2OC(C)(C)[C@@H]3CCC(C)C(C)C3C2C(O)=C1. The van der Waals surface area contributed by atoms with Crippen molar-refractivity contribution in [3.8, 4) is 0 Å². The standard InChI is InChI=1S/C22H36O2/c1-6-7-8-9-16-12-18(23)21-19(13-16)24-22(4,5)17-11-10-14(2)15(3)20(17)21/h12-15,17,19-21,23H,6-11H2,1-5H3/t14?,15?,17-,19?,20?,21?/m1/s1. The van der Waals surface area contributed by atoms with Crippen LogP contribution >= 0.6 is 0 Å². The molecule has 0 aromatic carbocycles. The smallest absolute Gasteiger partial charge is 0.0988 e. The Balaban J connectivity index is 1.86. The summed E-state index contributed by atoms with van der Waals surface area (Å²) in [5, 5.41) is 10.9. The Kier molecular flexibility index (Phi) is 5.16. The molecule has 2 aliphatic carbocycles. The number of hydrogen-bond acceptors (Lipinski definition) is 2. The minimum atomic E-state index is -0.0944. The lowest BCUT2D eigenvalue weighted by Gasteiger charge is -2.57. The van der Waals surface area contributed by atoms with Gasteiger partial charge in [-0.05, 0) is 68.4 Å². The summed E-state index contributed by atoms with van der Waals surface area (Å²) in [5.74, 6) is 3.22. The molecule has 3 rings (SSSR count). The number of hydrogen-bond donors (Lipinski definition) is 1. The molecule has 5 unspecified atom stereocenters. The molecule has 1 aliphatic heterocycles. The van der Waals surface area contributed by atoms with Gasteiger partial charge in [0.05, 0.1) is 17.5 Å². The summed E-state index contributed by atoms with van der Waals surface area (Å²) in [5.41, 5.74) is 1.18. The van der Waals surface area contributed by atoms with E-state index in [1.165, 1.54) is 37.7 Å². The Labute approximate surface area is 148 Å². The normalized spacial score (nSPS) is 41.0. The summed E-state index contributed by atoms with van der Waals surface area (Å²) < 4.78 is 6.56. The van der Waals surface area contributed by atoms with Gasteiger partial charge in [-0.1, -0.05) is 46.1 Å². The van der Waals surface area contributed by atoms with Gasteiger partial charge in [0.2, 0.25) is 0 Å². The number of ether oxygens (including phenoxy) is 1. The van der Waals surface area contributed by atoms with E-state index in [1.807, 2.05) is 0 Å². The highest BCUT2D eigenvalue weighted by Crippen LogP contribution is 2.55. The zero-order chi connectivity index (χ0) is 17.5. The first kappa shape index (κ1) is 18.0. The van der Waals surface area contributed by atoms with Gasteiger partial charge in [-0.2, -0.15) is 0 Å². The molecule has 3 aliphatic rings. The molecule has 0 spiro atoms. The summed E-state index contributed by atoms with van der Waals surface area (Å²) in [6, 6.07) is 0. The number of aliphatic hydroxyl groups excluding tert-OH is 1. The molecule has 0 radical (unpaired) electrons. The number of aliphatic hydroxyl groups is 1. The molecule has 1 heterocycles. The van der Waals surface area contributed by atoms with E-state index in [9.17, 15) is 5.11 Å². The van der Waals surface area contributed by atoms with Gasteiger partial charge < -0.3 is 9.84 Å². The van der Waals surface area contributed by atoms with Gasteiger partial charge in [0, 0.05) is 5.92 Å². The first-order chi connectivity index (χ1) is 11.3. The molecule has 0 aromatic rings. The van der Waals surface area contributed by atoms with Crippen LogP contribution < -0.4 is 0 Å². The summed E-state index contributed by atoms with van der Waals surface area (Å²) in [6.45, 7) is 11.5.